The van der Waals surface area contributed by atoms with Crippen LogP contribution >= 0.6 is 23.4 Å². The molecule has 0 aromatic heterocycles. The summed E-state index contributed by atoms with van der Waals surface area (Å²) in [5.74, 6) is -1.41. The topological polar surface area (TPSA) is 98.7 Å². The highest BCUT2D eigenvalue weighted by Crippen LogP contribution is 2.66. The van der Waals surface area contributed by atoms with Gasteiger partial charge in [-0.05, 0) is 43.7 Å². The maximum Gasteiger partial charge on any atom is 0.248 e. The number of hydrogen-bond acceptors (Lipinski definition) is 5. The second kappa shape index (κ2) is 10.1. The summed E-state index contributed by atoms with van der Waals surface area (Å²) < 4.78 is -0.689. The molecule has 1 aromatic rings. The number of rotatable bonds is 9. The molecule has 186 valence electrons. The lowest BCUT2D eigenvalue weighted by molar-refractivity contribution is -0.142. The number of nitrogens with zero attached hydrogens (tertiary/aromatic N) is 1. The lowest BCUT2D eigenvalue weighted by atomic mass is 9.70. The maximum absolute atomic E-state index is 14.0. The van der Waals surface area contributed by atoms with Crippen LogP contribution in [0.5, 0.6) is 0 Å². The minimum Gasteiger partial charge on any atom is -0.394 e. The Bertz CT molecular complexity index is 960. The van der Waals surface area contributed by atoms with E-state index in [2.05, 4.69) is 10.6 Å². The zero-order chi connectivity index (χ0) is 24.6. The van der Waals surface area contributed by atoms with Crippen LogP contribution in [-0.2, 0) is 14.4 Å². The van der Waals surface area contributed by atoms with Crippen LogP contribution in [0.15, 0.2) is 24.3 Å². The van der Waals surface area contributed by atoms with Crippen molar-refractivity contribution in [1.82, 2.24) is 10.2 Å². The van der Waals surface area contributed by atoms with Crippen molar-refractivity contribution < 1.29 is 19.5 Å². The number of nitrogens with one attached hydrogen (secondary N) is 2. The molecule has 3 N–H and O–H groups in total. The highest BCUT2D eigenvalue weighted by atomic mass is 35.5. The molecule has 6 atom stereocenters. The first-order valence-corrected chi connectivity index (χ1v) is 13.4. The van der Waals surface area contributed by atoms with Gasteiger partial charge >= 0.3 is 0 Å². The van der Waals surface area contributed by atoms with Gasteiger partial charge in [-0.2, -0.15) is 0 Å². The Morgan fingerprint density at radius 3 is 2.68 bits per heavy atom. The Hall–Kier alpha value is -1.77. The summed E-state index contributed by atoms with van der Waals surface area (Å²) in [6, 6.07) is 5.74. The lowest BCUT2D eigenvalue weighted by Crippen LogP contribution is -2.55. The van der Waals surface area contributed by atoms with E-state index >= 15 is 0 Å². The van der Waals surface area contributed by atoms with Crippen molar-refractivity contribution in [2.75, 3.05) is 18.5 Å². The number of aliphatic hydroxyl groups excluding tert-OH is 1. The van der Waals surface area contributed by atoms with Crippen LogP contribution in [0.25, 0.3) is 0 Å². The number of benzene rings is 1. The molecule has 0 radical (unpaired) electrons. The monoisotopic (exact) mass is 507 g/mol. The number of anilines is 1. The van der Waals surface area contributed by atoms with E-state index in [0.29, 0.717) is 30.1 Å². The number of carbonyl (C=O) groups is 3. The fourth-order valence-electron chi connectivity index (χ4n) is 6.03. The summed E-state index contributed by atoms with van der Waals surface area (Å²) in [6.45, 7) is 6.38. The molecule has 3 aliphatic heterocycles. The molecule has 7 nitrogen and oxygen atoms in total. The zero-order valence-electron chi connectivity index (χ0n) is 19.9. The number of carbonyl (C=O) groups excluding carboxylic acids is 3. The first-order chi connectivity index (χ1) is 16.2. The van der Waals surface area contributed by atoms with Crippen molar-refractivity contribution in [1.29, 1.82) is 0 Å². The Morgan fingerprint density at radius 1 is 1.29 bits per heavy atom. The molecule has 2 unspecified atom stereocenters. The number of para-hydroxylation sites is 1. The van der Waals surface area contributed by atoms with Gasteiger partial charge in [-0.15, -0.1) is 11.8 Å². The summed E-state index contributed by atoms with van der Waals surface area (Å²) in [5.41, 5.74) is 0.487. The minimum absolute atomic E-state index is 0.0150. The summed E-state index contributed by atoms with van der Waals surface area (Å²) in [4.78, 5) is 42.6. The van der Waals surface area contributed by atoms with Gasteiger partial charge < -0.3 is 20.6 Å². The van der Waals surface area contributed by atoms with Gasteiger partial charge in [0.25, 0.3) is 0 Å². The fraction of sp³-hybridized carbons (Fsp3) is 0.640. The van der Waals surface area contributed by atoms with Crippen LogP contribution in [0.4, 0.5) is 5.69 Å². The third-order valence-corrected chi connectivity index (χ3v) is 9.60. The molecule has 3 amide bonds. The Kier molecular flexibility index (Phi) is 7.50. The van der Waals surface area contributed by atoms with Crippen molar-refractivity contribution >= 4 is 46.8 Å². The van der Waals surface area contributed by atoms with Crippen LogP contribution in [0.2, 0.25) is 5.02 Å². The largest absolute Gasteiger partial charge is 0.394 e. The van der Waals surface area contributed by atoms with E-state index in [9.17, 15) is 19.5 Å². The molecule has 3 fully saturated rings. The summed E-state index contributed by atoms with van der Waals surface area (Å²) in [6.07, 6.45) is 2.86. The molecule has 0 saturated carbocycles. The van der Waals surface area contributed by atoms with Crippen LogP contribution < -0.4 is 10.6 Å². The Labute approximate surface area is 210 Å². The SMILES string of the molecule is CCCNC(=O)[C@@H]1[C@@H]2CCC3(S2)C(C(=O)Nc2ccccc2Cl)N([C@@H](CO)CC(C)C)C(=O)[C@H]13. The van der Waals surface area contributed by atoms with E-state index in [0.717, 1.165) is 12.8 Å². The summed E-state index contributed by atoms with van der Waals surface area (Å²) >= 11 is 7.93. The molecular weight excluding hydrogens is 474 g/mol. The molecule has 1 spiro atoms. The first kappa shape index (κ1) is 25.3. The molecular formula is C25H34ClN3O4S. The number of halogens is 1. The van der Waals surface area contributed by atoms with Crippen molar-refractivity contribution in [3.63, 3.8) is 0 Å². The predicted molar refractivity (Wildman–Crippen MR) is 135 cm³/mol. The first-order valence-electron chi connectivity index (χ1n) is 12.2. The fourth-order valence-corrected chi connectivity index (χ4v) is 8.42. The lowest BCUT2D eigenvalue weighted by Gasteiger charge is -2.37. The quantitative estimate of drug-likeness (QED) is 0.476. The van der Waals surface area contributed by atoms with Crippen molar-refractivity contribution in [2.45, 2.75) is 68.5 Å². The van der Waals surface area contributed by atoms with Crippen LogP contribution in [0, 0.1) is 17.8 Å². The molecule has 4 rings (SSSR count). The van der Waals surface area contributed by atoms with Crippen LogP contribution in [0.1, 0.15) is 46.5 Å². The van der Waals surface area contributed by atoms with Gasteiger partial charge in [0.2, 0.25) is 17.7 Å². The van der Waals surface area contributed by atoms with Gasteiger partial charge in [-0.25, -0.2) is 0 Å². The van der Waals surface area contributed by atoms with Gasteiger partial charge in [-0.3, -0.25) is 14.4 Å². The molecule has 1 aromatic carbocycles. The normalized spacial score (nSPS) is 30.5. The third-order valence-electron chi connectivity index (χ3n) is 7.32. The van der Waals surface area contributed by atoms with Gasteiger partial charge in [0.15, 0.2) is 0 Å². The number of amides is 3. The summed E-state index contributed by atoms with van der Waals surface area (Å²) in [7, 11) is 0. The molecule has 9 heteroatoms. The Balaban J connectivity index is 1.73. The maximum atomic E-state index is 14.0. The van der Waals surface area contributed by atoms with Crippen LogP contribution in [0.3, 0.4) is 0 Å². The number of hydrogen-bond donors (Lipinski definition) is 3. The van der Waals surface area contributed by atoms with Crippen LogP contribution in [-0.4, -0.2) is 63.0 Å². The van der Waals surface area contributed by atoms with Gasteiger partial charge in [-0.1, -0.05) is 44.5 Å². The molecule has 3 saturated heterocycles. The van der Waals surface area contributed by atoms with Gasteiger partial charge in [0.1, 0.15) is 6.04 Å². The van der Waals surface area contributed by atoms with E-state index in [1.165, 1.54) is 0 Å². The Morgan fingerprint density at radius 2 is 2.03 bits per heavy atom. The van der Waals surface area contributed by atoms with E-state index in [4.69, 9.17) is 11.6 Å². The predicted octanol–water partition coefficient (Wildman–Crippen LogP) is 3.30. The highest BCUT2D eigenvalue weighted by Gasteiger charge is 2.74. The smallest absolute Gasteiger partial charge is 0.248 e. The number of aliphatic hydroxyl groups is 1. The average Bonchev–Trinajstić information content (AvgIpc) is 3.44. The molecule has 0 aliphatic carbocycles. The minimum atomic E-state index is -0.781. The second-order valence-electron chi connectivity index (χ2n) is 10.0. The van der Waals surface area contributed by atoms with E-state index in [1.54, 1.807) is 40.9 Å². The van der Waals surface area contributed by atoms with Gasteiger partial charge in [0, 0.05) is 11.8 Å². The average molecular weight is 508 g/mol. The molecule has 34 heavy (non-hydrogen) atoms. The summed E-state index contributed by atoms with van der Waals surface area (Å²) in [5, 5.41) is 16.6. The highest BCUT2D eigenvalue weighted by molar-refractivity contribution is 8.02. The van der Waals surface area contributed by atoms with Crippen molar-refractivity contribution in [2.24, 2.45) is 17.8 Å². The van der Waals surface area contributed by atoms with E-state index < -0.39 is 28.7 Å². The number of thioether (sulfide) groups is 1. The second-order valence-corrected chi connectivity index (χ2v) is 12.0. The van der Waals surface area contributed by atoms with Crippen molar-refractivity contribution in [3.05, 3.63) is 29.3 Å². The standard InChI is InChI=1S/C25H34ClN3O4S/c1-4-11-27-22(31)19-18-9-10-25(34-18)20(19)24(33)29(15(13-30)12-14(2)3)21(25)23(32)28-17-8-6-5-7-16(17)26/h5-8,14-15,18-21,30H,4,9-13H2,1-3H3,(H,27,31)(H,28,32)/t15-,18+,19-,20+,21?,25?/m1/s1. The van der Waals surface area contributed by atoms with Crippen molar-refractivity contribution in [3.8, 4) is 0 Å². The molecule has 3 aliphatic rings. The molecule has 2 bridgehead atoms. The zero-order valence-corrected chi connectivity index (χ0v) is 21.5. The van der Waals surface area contributed by atoms with E-state index in [-0.39, 0.29) is 35.5 Å². The number of fused-ring (bicyclic) bond motifs is 1. The molecule has 3 heterocycles. The van der Waals surface area contributed by atoms with E-state index in [1.807, 2.05) is 20.8 Å². The third kappa shape index (κ3) is 4.22. The number of likely N-dealkylation sites (tertiary alicyclic amines) is 1. The van der Waals surface area contributed by atoms with Gasteiger partial charge in [0.05, 0.1) is 39.9 Å².